The molecule has 3 rings (SSSR count). The van der Waals surface area contributed by atoms with Crippen LogP contribution in [0.15, 0.2) is 53.4 Å². The zero-order chi connectivity index (χ0) is 26.3. The Kier molecular flexibility index (Phi) is 9.93. The first kappa shape index (κ1) is 28.2. The molecule has 1 heterocycles. The molecule has 0 spiro atoms. The number of carbonyl (C=O) groups is 2. The minimum atomic E-state index is -3.83. The van der Waals surface area contributed by atoms with Crippen molar-refractivity contribution in [3.8, 4) is 0 Å². The number of rotatable bonds is 10. The molecule has 0 radical (unpaired) electrons. The van der Waals surface area contributed by atoms with Gasteiger partial charge in [0.1, 0.15) is 0 Å². The highest BCUT2D eigenvalue weighted by molar-refractivity contribution is 7.89. The molecule has 7 nitrogen and oxygen atoms in total. The second-order valence-electron chi connectivity index (χ2n) is 9.27. The van der Waals surface area contributed by atoms with E-state index in [2.05, 4.69) is 0 Å². The summed E-state index contributed by atoms with van der Waals surface area (Å²) in [7, 11) is -3.83. The first-order valence-electron chi connectivity index (χ1n) is 12.5. The normalized spacial score (nSPS) is 14.8. The van der Waals surface area contributed by atoms with E-state index >= 15 is 0 Å². The van der Waals surface area contributed by atoms with E-state index in [1.807, 2.05) is 37.8 Å². The Morgan fingerprint density at radius 2 is 1.61 bits per heavy atom. The number of sulfonamides is 1. The van der Waals surface area contributed by atoms with Crippen LogP contribution in [0, 0.1) is 6.92 Å². The van der Waals surface area contributed by atoms with Crippen LogP contribution < -0.4 is 0 Å². The summed E-state index contributed by atoms with van der Waals surface area (Å²) < 4.78 is 28.1. The number of hydrogen-bond donors (Lipinski definition) is 0. The van der Waals surface area contributed by atoms with Gasteiger partial charge in [-0.15, -0.1) is 0 Å². The van der Waals surface area contributed by atoms with Gasteiger partial charge in [0.2, 0.25) is 21.8 Å². The molecule has 2 aromatic carbocycles. The summed E-state index contributed by atoms with van der Waals surface area (Å²) in [6.45, 7) is 7.19. The van der Waals surface area contributed by atoms with Gasteiger partial charge < -0.3 is 9.80 Å². The molecular weight excluding hydrogens is 498 g/mol. The van der Waals surface area contributed by atoms with E-state index in [0.29, 0.717) is 50.3 Å². The van der Waals surface area contributed by atoms with Crippen molar-refractivity contribution >= 4 is 33.4 Å². The molecule has 9 heteroatoms. The molecular formula is C27H36ClN3O4S. The van der Waals surface area contributed by atoms with E-state index in [-0.39, 0.29) is 35.8 Å². The predicted octanol–water partition coefficient (Wildman–Crippen LogP) is 4.48. The quantitative estimate of drug-likeness (QED) is 0.451. The monoisotopic (exact) mass is 533 g/mol. The summed E-state index contributed by atoms with van der Waals surface area (Å²) >= 11 is 6.05. The fraction of sp³-hybridized carbons (Fsp3) is 0.481. The minimum absolute atomic E-state index is 0.0837. The third-order valence-corrected chi connectivity index (χ3v) is 8.70. The number of piperidine rings is 1. The van der Waals surface area contributed by atoms with Gasteiger partial charge in [-0.1, -0.05) is 55.3 Å². The van der Waals surface area contributed by atoms with Gasteiger partial charge in [0, 0.05) is 43.7 Å². The highest BCUT2D eigenvalue weighted by Crippen LogP contribution is 2.23. The van der Waals surface area contributed by atoms with Crippen molar-refractivity contribution < 1.29 is 18.0 Å². The highest BCUT2D eigenvalue weighted by Gasteiger charge is 2.33. The van der Waals surface area contributed by atoms with Crippen LogP contribution in [-0.2, 0) is 26.2 Å². The number of hydrogen-bond acceptors (Lipinski definition) is 4. The highest BCUT2D eigenvalue weighted by atomic mass is 35.5. The molecule has 0 aliphatic carbocycles. The maximum absolute atomic E-state index is 13.7. The van der Waals surface area contributed by atoms with Crippen LogP contribution in [0.3, 0.4) is 0 Å². The molecule has 0 saturated carbocycles. The lowest BCUT2D eigenvalue weighted by Gasteiger charge is -2.39. The SMILES string of the molecule is CCCN(CC(=O)N(Cc1ccc(Cl)cc1)C1CCN(C(=O)CC)CC1)S(=O)(=O)c1ccc(C)cc1. The molecule has 0 unspecified atom stereocenters. The van der Waals surface area contributed by atoms with Crippen molar-refractivity contribution in [1.29, 1.82) is 0 Å². The molecule has 196 valence electrons. The number of nitrogens with zero attached hydrogens (tertiary/aromatic N) is 3. The molecule has 0 bridgehead atoms. The van der Waals surface area contributed by atoms with Gasteiger partial charge in [-0.3, -0.25) is 9.59 Å². The largest absolute Gasteiger partial charge is 0.343 e. The number of aryl methyl sites for hydroxylation is 1. The molecule has 2 aromatic rings. The van der Waals surface area contributed by atoms with Crippen LogP contribution in [0.4, 0.5) is 0 Å². The zero-order valence-corrected chi connectivity index (χ0v) is 22.9. The maximum Gasteiger partial charge on any atom is 0.243 e. The summed E-state index contributed by atoms with van der Waals surface area (Å²) in [5.41, 5.74) is 1.89. The van der Waals surface area contributed by atoms with E-state index in [9.17, 15) is 18.0 Å². The topological polar surface area (TPSA) is 78.0 Å². The molecule has 36 heavy (non-hydrogen) atoms. The average molecular weight is 534 g/mol. The van der Waals surface area contributed by atoms with Crippen molar-refractivity contribution in [2.45, 2.75) is 63.9 Å². The van der Waals surface area contributed by atoms with Crippen LogP contribution in [0.25, 0.3) is 0 Å². The average Bonchev–Trinajstić information content (AvgIpc) is 2.88. The maximum atomic E-state index is 13.7. The second kappa shape index (κ2) is 12.7. The standard InChI is InChI=1S/C27H36ClN3O4S/c1-4-16-30(36(34,35)25-12-6-21(3)7-13-25)20-27(33)31(19-22-8-10-23(28)11-9-22)24-14-17-29(18-15-24)26(32)5-2/h6-13,24H,4-5,14-20H2,1-3H3. The van der Waals surface area contributed by atoms with Crippen LogP contribution in [0.2, 0.25) is 5.02 Å². The van der Waals surface area contributed by atoms with E-state index in [1.54, 1.807) is 41.3 Å². The molecule has 0 atom stereocenters. The lowest BCUT2D eigenvalue weighted by Crippen LogP contribution is -2.51. The molecule has 1 fully saturated rings. The second-order valence-corrected chi connectivity index (χ2v) is 11.6. The number of amides is 2. The fourth-order valence-corrected chi connectivity index (χ4v) is 6.10. The lowest BCUT2D eigenvalue weighted by atomic mass is 10.0. The summed E-state index contributed by atoms with van der Waals surface area (Å²) in [5, 5.41) is 0.612. The molecule has 1 aliphatic rings. The predicted molar refractivity (Wildman–Crippen MR) is 142 cm³/mol. The van der Waals surface area contributed by atoms with Crippen molar-refractivity contribution in [2.75, 3.05) is 26.2 Å². The Bertz CT molecular complexity index is 1130. The van der Waals surface area contributed by atoms with Crippen LogP contribution in [-0.4, -0.2) is 66.6 Å². The van der Waals surface area contributed by atoms with Gasteiger partial charge >= 0.3 is 0 Å². The molecule has 0 aromatic heterocycles. The molecule has 1 saturated heterocycles. The Morgan fingerprint density at radius 3 is 2.17 bits per heavy atom. The zero-order valence-electron chi connectivity index (χ0n) is 21.3. The van der Waals surface area contributed by atoms with E-state index in [4.69, 9.17) is 11.6 Å². The Balaban J connectivity index is 1.84. The molecule has 2 amide bonds. The van der Waals surface area contributed by atoms with Crippen molar-refractivity contribution in [1.82, 2.24) is 14.1 Å². The van der Waals surface area contributed by atoms with Crippen molar-refractivity contribution in [3.05, 3.63) is 64.7 Å². The van der Waals surface area contributed by atoms with Gasteiger partial charge in [0.15, 0.2) is 0 Å². The van der Waals surface area contributed by atoms with Gasteiger partial charge in [-0.05, 0) is 56.0 Å². The van der Waals surface area contributed by atoms with Crippen LogP contribution in [0.1, 0.15) is 50.7 Å². The van der Waals surface area contributed by atoms with Crippen LogP contribution in [0.5, 0.6) is 0 Å². The van der Waals surface area contributed by atoms with E-state index in [0.717, 1.165) is 11.1 Å². The summed E-state index contributed by atoms with van der Waals surface area (Å²) in [6.07, 6.45) is 2.36. The number of halogens is 1. The van der Waals surface area contributed by atoms with Gasteiger partial charge in [-0.25, -0.2) is 8.42 Å². The number of benzene rings is 2. The summed E-state index contributed by atoms with van der Waals surface area (Å²) in [5.74, 6) is -0.128. The van der Waals surface area contributed by atoms with Gasteiger partial charge in [0.25, 0.3) is 0 Å². The summed E-state index contributed by atoms with van der Waals surface area (Å²) in [4.78, 5) is 29.7. The third kappa shape index (κ3) is 7.08. The van der Waals surface area contributed by atoms with E-state index < -0.39 is 10.0 Å². The fourth-order valence-electron chi connectivity index (χ4n) is 4.49. The van der Waals surface area contributed by atoms with Gasteiger partial charge in [-0.2, -0.15) is 4.31 Å². The first-order valence-corrected chi connectivity index (χ1v) is 14.4. The molecule has 0 N–H and O–H groups in total. The Hall–Kier alpha value is -2.42. The lowest BCUT2D eigenvalue weighted by molar-refractivity contribution is -0.137. The van der Waals surface area contributed by atoms with Crippen molar-refractivity contribution in [2.24, 2.45) is 0 Å². The van der Waals surface area contributed by atoms with E-state index in [1.165, 1.54) is 4.31 Å². The smallest absolute Gasteiger partial charge is 0.243 e. The van der Waals surface area contributed by atoms with Crippen molar-refractivity contribution in [3.63, 3.8) is 0 Å². The van der Waals surface area contributed by atoms with Gasteiger partial charge in [0.05, 0.1) is 11.4 Å². The summed E-state index contributed by atoms with van der Waals surface area (Å²) in [6, 6.07) is 13.9. The molecule has 1 aliphatic heterocycles. The Morgan fingerprint density at radius 1 is 1.00 bits per heavy atom. The first-order chi connectivity index (χ1) is 17.1. The Labute approximate surface area is 220 Å². The number of likely N-dealkylation sites (tertiary alicyclic amines) is 1. The minimum Gasteiger partial charge on any atom is -0.343 e. The third-order valence-electron chi connectivity index (χ3n) is 6.59. The van der Waals surface area contributed by atoms with Crippen LogP contribution >= 0.6 is 11.6 Å². The number of carbonyl (C=O) groups excluding carboxylic acids is 2.